The van der Waals surface area contributed by atoms with Crippen LogP contribution in [0.4, 0.5) is 0 Å². The number of aliphatic hydroxyl groups excluding tert-OH is 1. The highest BCUT2D eigenvalue weighted by Crippen LogP contribution is 2.51. The fraction of sp³-hybridized carbons (Fsp3) is 0.750. The molecule has 1 saturated carbocycles. The Bertz CT molecular complexity index is 350. The number of nitrogens with zero attached hydrogens (tertiary/aromatic N) is 1. The fourth-order valence-corrected chi connectivity index (χ4v) is 3.72. The molecule has 0 aromatic carbocycles. The Labute approximate surface area is 100 Å². The summed E-state index contributed by atoms with van der Waals surface area (Å²) in [7, 11) is 0. The Morgan fingerprint density at radius 1 is 1.50 bits per heavy atom. The highest BCUT2D eigenvalue weighted by Gasteiger charge is 2.50. The molecule has 2 N–H and O–H groups in total. The van der Waals surface area contributed by atoms with Crippen LogP contribution in [0.5, 0.6) is 0 Å². The minimum Gasteiger partial charge on any atom is -0.396 e. The highest BCUT2D eigenvalue weighted by molar-refractivity contribution is 7.09. The Balaban J connectivity index is 2.38. The molecule has 1 heterocycles. The Hall–Kier alpha value is -0.450. The molecule has 3 nitrogen and oxygen atoms in total. The molecule has 1 aromatic heterocycles. The van der Waals surface area contributed by atoms with Crippen molar-refractivity contribution in [3.05, 3.63) is 16.6 Å². The van der Waals surface area contributed by atoms with E-state index >= 15 is 0 Å². The summed E-state index contributed by atoms with van der Waals surface area (Å²) < 4.78 is 0. The molecule has 16 heavy (non-hydrogen) atoms. The summed E-state index contributed by atoms with van der Waals surface area (Å²) >= 11 is 1.48. The quantitative estimate of drug-likeness (QED) is 0.834. The molecule has 0 bridgehead atoms. The summed E-state index contributed by atoms with van der Waals surface area (Å²) in [4.78, 5) is 4.23. The van der Waals surface area contributed by atoms with Gasteiger partial charge in [-0.2, -0.15) is 0 Å². The van der Waals surface area contributed by atoms with Gasteiger partial charge in [-0.15, -0.1) is 11.3 Å². The van der Waals surface area contributed by atoms with E-state index in [0.29, 0.717) is 6.42 Å². The van der Waals surface area contributed by atoms with E-state index in [2.05, 4.69) is 18.8 Å². The summed E-state index contributed by atoms with van der Waals surface area (Å²) in [6.45, 7) is 4.25. The van der Waals surface area contributed by atoms with E-state index in [1.807, 2.05) is 5.38 Å². The maximum Gasteiger partial charge on any atom is 0.125 e. The van der Waals surface area contributed by atoms with Gasteiger partial charge in [0.1, 0.15) is 10.6 Å². The first-order valence-corrected chi connectivity index (χ1v) is 6.62. The van der Waals surface area contributed by atoms with Crippen molar-refractivity contribution in [2.24, 2.45) is 11.3 Å². The van der Waals surface area contributed by atoms with Crippen LogP contribution < -0.4 is 0 Å². The predicted octanol–water partition coefficient (Wildman–Crippen LogP) is 2.15. The lowest BCUT2D eigenvalue weighted by atomic mass is 9.62. The first-order valence-electron chi connectivity index (χ1n) is 5.74. The van der Waals surface area contributed by atoms with E-state index in [1.54, 1.807) is 6.20 Å². The largest absolute Gasteiger partial charge is 0.396 e. The summed E-state index contributed by atoms with van der Waals surface area (Å²) in [6, 6.07) is 0. The lowest BCUT2D eigenvalue weighted by molar-refractivity contribution is -0.126. The van der Waals surface area contributed by atoms with E-state index in [-0.39, 0.29) is 17.9 Å². The number of aromatic nitrogens is 1. The van der Waals surface area contributed by atoms with Gasteiger partial charge in [-0.05, 0) is 24.7 Å². The third-order valence-electron chi connectivity index (χ3n) is 3.88. The average molecular weight is 241 g/mol. The molecule has 0 aliphatic heterocycles. The molecule has 1 aliphatic carbocycles. The predicted molar refractivity (Wildman–Crippen MR) is 64.2 cm³/mol. The Morgan fingerprint density at radius 3 is 2.81 bits per heavy atom. The summed E-state index contributed by atoms with van der Waals surface area (Å²) in [5.41, 5.74) is -0.974. The molecule has 2 rings (SSSR count). The second-order valence-corrected chi connectivity index (χ2v) is 6.23. The number of rotatable bonds is 2. The first-order chi connectivity index (χ1) is 7.50. The second kappa shape index (κ2) is 4.09. The van der Waals surface area contributed by atoms with Crippen LogP contribution in [-0.4, -0.2) is 21.8 Å². The minimum atomic E-state index is -0.940. The van der Waals surface area contributed by atoms with Crippen LogP contribution in [0.3, 0.4) is 0 Å². The van der Waals surface area contributed by atoms with Gasteiger partial charge in [-0.3, -0.25) is 0 Å². The number of thiazole rings is 1. The maximum atomic E-state index is 10.8. The zero-order valence-electron chi connectivity index (χ0n) is 9.81. The molecular formula is C12H19NO2S. The molecule has 4 heteroatoms. The van der Waals surface area contributed by atoms with E-state index in [4.69, 9.17) is 0 Å². The van der Waals surface area contributed by atoms with Gasteiger partial charge in [-0.25, -0.2) is 4.98 Å². The van der Waals surface area contributed by atoms with Crippen LogP contribution in [0.1, 0.15) is 38.1 Å². The van der Waals surface area contributed by atoms with Gasteiger partial charge >= 0.3 is 0 Å². The van der Waals surface area contributed by atoms with Crippen molar-refractivity contribution in [2.45, 2.75) is 38.7 Å². The molecular weight excluding hydrogens is 222 g/mol. The summed E-state index contributed by atoms with van der Waals surface area (Å²) in [5, 5.41) is 23.0. The highest BCUT2D eigenvalue weighted by atomic mass is 32.1. The van der Waals surface area contributed by atoms with Crippen molar-refractivity contribution in [2.75, 3.05) is 6.61 Å². The van der Waals surface area contributed by atoms with Crippen molar-refractivity contribution in [3.63, 3.8) is 0 Å². The van der Waals surface area contributed by atoms with Crippen molar-refractivity contribution in [1.82, 2.24) is 4.98 Å². The smallest absolute Gasteiger partial charge is 0.125 e. The molecule has 0 radical (unpaired) electrons. The zero-order chi connectivity index (χ0) is 11.8. The number of aliphatic hydroxyl groups is 2. The van der Waals surface area contributed by atoms with Crippen molar-refractivity contribution < 1.29 is 10.2 Å². The molecule has 0 spiro atoms. The molecule has 2 unspecified atom stereocenters. The van der Waals surface area contributed by atoms with Crippen LogP contribution in [0.15, 0.2) is 11.6 Å². The molecule has 0 amide bonds. The second-order valence-electron chi connectivity index (χ2n) is 5.34. The third kappa shape index (κ3) is 1.79. The van der Waals surface area contributed by atoms with Gasteiger partial charge in [0.05, 0.1) is 0 Å². The third-order valence-corrected chi connectivity index (χ3v) is 4.82. The molecule has 1 aromatic rings. The van der Waals surface area contributed by atoms with E-state index in [9.17, 15) is 10.2 Å². The van der Waals surface area contributed by atoms with Crippen molar-refractivity contribution in [1.29, 1.82) is 0 Å². The molecule has 1 fully saturated rings. The lowest BCUT2D eigenvalue weighted by Gasteiger charge is -2.47. The van der Waals surface area contributed by atoms with E-state index < -0.39 is 5.60 Å². The first kappa shape index (κ1) is 12.0. The zero-order valence-corrected chi connectivity index (χ0v) is 10.6. The molecule has 90 valence electrons. The van der Waals surface area contributed by atoms with Gasteiger partial charge in [-0.1, -0.05) is 13.8 Å². The van der Waals surface area contributed by atoms with E-state index in [1.165, 1.54) is 11.3 Å². The van der Waals surface area contributed by atoms with Crippen LogP contribution >= 0.6 is 11.3 Å². The minimum absolute atomic E-state index is 0.0169. The van der Waals surface area contributed by atoms with Crippen LogP contribution in [0.2, 0.25) is 0 Å². The van der Waals surface area contributed by atoms with Gasteiger partial charge in [0, 0.05) is 24.1 Å². The SMILES string of the molecule is CC1(C)CCCC(O)(c2nccs2)C1CO. The Morgan fingerprint density at radius 2 is 2.25 bits per heavy atom. The summed E-state index contributed by atoms with van der Waals surface area (Å²) in [5.74, 6) is -0.125. The van der Waals surface area contributed by atoms with Crippen molar-refractivity contribution >= 4 is 11.3 Å². The topological polar surface area (TPSA) is 53.4 Å². The van der Waals surface area contributed by atoms with Gasteiger partial charge in [0.25, 0.3) is 0 Å². The Kier molecular flexibility index (Phi) is 3.07. The molecule has 2 atom stereocenters. The lowest BCUT2D eigenvalue weighted by Crippen LogP contribution is -2.48. The number of hydrogen-bond donors (Lipinski definition) is 2. The summed E-state index contributed by atoms with van der Waals surface area (Å²) in [6.07, 6.45) is 4.45. The average Bonchev–Trinajstić information content (AvgIpc) is 2.69. The van der Waals surface area contributed by atoms with Crippen LogP contribution in [-0.2, 0) is 5.60 Å². The number of hydrogen-bond acceptors (Lipinski definition) is 4. The van der Waals surface area contributed by atoms with Gasteiger partial charge in [0.2, 0.25) is 0 Å². The normalized spacial score (nSPS) is 33.9. The molecule has 0 saturated heterocycles. The van der Waals surface area contributed by atoms with Gasteiger partial charge in [0.15, 0.2) is 0 Å². The molecule has 1 aliphatic rings. The van der Waals surface area contributed by atoms with Crippen molar-refractivity contribution in [3.8, 4) is 0 Å². The van der Waals surface area contributed by atoms with Gasteiger partial charge < -0.3 is 10.2 Å². The van der Waals surface area contributed by atoms with E-state index in [0.717, 1.165) is 17.8 Å². The van der Waals surface area contributed by atoms with Crippen LogP contribution in [0, 0.1) is 11.3 Å². The van der Waals surface area contributed by atoms with Crippen LogP contribution in [0.25, 0.3) is 0 Å². The maximum absolute atomic E-state index is 10.8. The fourth-order valence-electron chi connectivity index (χ4n) is 2.90. The monoisotopic (exact) mass is 241 g/mol. The standard InChI is InChI=1S/C12H19NO2S/c1-11(2)4-3-5-12(15,9(11)8-14)10-13-6-7-16-10/h6-7,9,14-15H,3-5,8H2,1-2H3.